The van der Waals surface area contributed by atoms with Crippen molar-refractivity contribution in [2.75, 3.05) is 27.4 Å². The fraction of sp³-hybridized carbons (Fsp3) is 0.571. The zero-order valence-electron chi connectivity index (χ0n) is 12.4. The van der Waals surface area contributed by atoms with Crippen LogP contribution in [0.2, 0.25) is 0 Å². The molecule has 1 aromatic carbocycles. The second-order valence-electron chi connectivity index (χ2n) is 4.75. The van der Waals surface area contributed by atoms with Crippen molar-refractivity contribution in [1.29, 1.82) is 0 Å². The molecule has 0 radical (unpaired) electrons. The normalized spacial score (nSPS) is 14.0. The molecule has 0 aliphatic rings. The number of hydrogen-bond donors (Lipinski definition) is 1. The van der Waals surface area contributed by atoms with Crippen molar-refractivity contribution in [3.8, 4) is 0 Å². The van der Waals surface area contributed by atoms with Gasteiger partial charge in [-0.3, -0.25) is 10.1 Å². The average molecular weight is 282 g/mol. The van der Waals surface area contributed by atoms with Crippen LogP contribution in [0.4, 0.5) is 5.69 Å². The second kappa shape index (κ2) is 7.94. The van der Waals surface area contributed by atoms with Crippen LogP contribution in [0.5, 0.6) is 0 Å². The summed E-state index contributed by atoms with van der Waals surface area (Å²) in [6.45, 7) is 4.82. The van der Waals surface area contributed by atoms with Gasteiger partial charge in [0, 0.05) is 38.4 Å². The highest BCUT2D eigenvalue weighted by molar-refractivity contribution is 5.43. The van der Waals surface area contributed by atoms with Gasteiger partial charge in [-0.1, -0.05) is 12.1 Å². The number of benzene rings is 1. The van der Waals surface area contributed by atoms with Crippen LogP contribution >= 0.6 is 0 Å². The molecule has 0 aromatic heterocycles. The molecule has 0 saturated carbocycles. The third-order valence-electron chi connectivity index (χ3n) is 3.27. The molecule has 0 amide bonds. The average Bonchev–Trinajstić information content (AvgIpc) is 2.43. The maximum absolute atomic E-state index is 10.9. The standard InChI is InChI=1S/C14H22N2O4/c1-10-5-6-12(7-14(10)16(17)18)11(2)15-8-13(20-4)9-19-3/h5-7,11,13,15H,8-9H2,1-4H3. The first-order valence-electron chi connectivity index (χ1n) is 6.49. The van der Waals surface area contributed by atoms with Crippen LogP contribution in [-0.4, -0.2) is 38.4 Å². The van der Waals surface area contributed by atoms with Crippen LogP contribution in [0.3, 0.4) is 0 Å². The molecular formula is C14H22N2O4. The monoisotopic (exact) mass is 282 g/mol. The largest absolute Gasteiger partial charge is 0.382 e. The zero-order chi connectivity index (χ0) is 15.1. The zero-order valence-corrected chi connectivity index (χ0v) is 12.4. The quantitative estimate of drug-likeness (QED) is 0.584. The maximum Gasteiger partial charge on any atom is 0.272 e. The van der Waals surface area contributed by atoms with Crippen molar-refractivity contribution < 1.29 is 14.4 Å². The molecule has 0 bridgehead atoms. The molecule has 1 N–H and O–H groups in total. The molecular weight excluding hydrogens is 260 g/mol. The Balaban J connectivity index is 2.70. The topological polar surface area (TPSA) is 73.6 Å². The lowest BCUT2D eigenvalue weighted by Crippen LogP contribution is -2.33. The highest BCUT2D eigenvalue weighted by atomic mass is 16.6. The van der Waals surface area contributed by atoms with E-state index in [9.17, 15) is 10.1 Å². The summed E-state index contributed by atoms with van der Waals surface area (Å²) in [5.41, 5.74) is 1.70. The SMILES string of the molecule is COCC(CNC(C)c1ccc(C)c([N+](=O)[O-])c1)OC. The number of hydrogen-bond acceptors (Lipinski definition) is 5. The summed E-state index contributed by atoms with van der Waals surface area (Å²) in [5, 5.41) is 14.2. The van der Waals surface area contributed by atoms with Crippen molar-refractivity contribution in [1.82, 2.24) is 5.32 Å². The third kappa shape index (κ3) is 4.56. The fourth-order valence-electron chi connectivity index (χ4n) is 1.91. The molecule has 20 heavy (non-hydrogen) atoms. The second-order valence-corrected chi connectivity index (χ2v) is 4.75. The van der Waals surface area contributed by atoms with E-state index in [2.05, 4.69) is 5.32 Å². The Morgan fingerprint density at radius 2 is 2.10 bits per heavy atom. The van der Waals surface area contributed by atoms with Gasteiger partial charge in [0.2, 0.25) is 0 Å². The predicted molar refractivity (Wildman–Crippen MR) is 76.9 cm³/mol. The Hall–Kier alpha value is -1.50. The number of aryl methyl sites for hydroxylation is 1. The molecule has 0 aliphatic heterocycles. The number of nitrogens with one attached hydrogen (secondary N) is 1. The van der Waals surface area contributed by atoms with Gasteiger partial charge in [-0.15, -0.1) is 0 Å². The van der Waals surface area contributed by atoms with Gasteiger partial charge in [0.25, 0.3) is 5.69 Å². The lowest BCUT2D eigenvalue weighted by Gasteiger charge is -2.19. The Kier molecular flexibility index (Phi) is 6.57. The van der Waals surface area contributed by atoms with Crippen LogP contribution in [0.1, 0.15) is 24.1 Å². The molecule has 1 aromatic rings. The molecule has 1 rings (SSSR count). The highest BCUT2D eigenvalue weighted by Crippen LogP contribution is 2.23. The molecule has 6 nitrogen and oxygen atoms in total. The van der Waals surface area contributed by atoms with E-state index in [1.165, 1.54) is 0 Å². The first-order valence-corrected chi connectivity index (χ1v) is 6.49. The van der Waals surface area contributed by atoms with Crippen LogP contribution in [0, 0.1) is 17.0 Å². The van der Waals surface area contributed by atoms with E-state index in [1.54, 1.807) is 33.3 Å². The number of ether oxygens (including phenoxy) is 2. The highest BCUT2D eigenvalue weighted by Gasteiger charge is 2.15. The maximum atomic E-state index is 10.9. The first kappa shape index (κ1) is 16.6. The summed E-state index contributed by atoms with van der Waals surface area (Å²) < 4.78 is 10.3. The van der Waals surface area contributed by atoms with Crippen molar-refractivity contribution in [3.05, 3.63) is 39.4 Å². The molecule has 0 fully saturated rings. The summed E-state index contributed by atoms with van der Waals surface area (Å²) in [6, 6.07) is 5.29. The molecule has 0 heterocycles. The summed E-state index contributed by atoms with van der Waals surface area (Å²) in [7, 11) is 3.26. The molecule has 0 saturated heterocycles. The Labute approximate surface area is 119 Å². The molecule has 2 unspecified atom stereocenters. The van der Waals surface area contributed by atoms with Gasteiger partial charge >= 0.3 is 0 Å². The first-order chi connectivity index (χ1) is 9.49. The van der Waals surface area contributed by atoms with Gasteiger partial charge in [0.15, 0.2) is 0 Å². The van der Waals surface area contributed by atoms with Crippen LogP contribution in [-0.2, 0) is 9.47 Å². The minimum absolute atomic E-state index is 0.00352. The summed E-state index contributed by atoms with van der Waals surface area (Å²) in [5.74, 6) is 0. The number of rotatable bonds is 8. The Bertz CT molecular complexity index is 451. The van der Waals surface area contributed by atoms with E-state index in [0.29, 0.717) is 18.7 Å². The number of nitro benzene ring substituents is 1. The smallest absolute Gasteiger partial charge is 0.272 e. The number of nitrogens with zero attached hydrogens (tertiary/aromatic N) is 1. The van der Waals surface area contributed by atoms with Crippen molar-refractivity contribution in [2.24, 2.45) is 0 Å². The van der Waals surface area contributed by atoms with Crippen LogP contribution in [0.15, 0.2) is 18.2 Å². The fourth-order valence-corrected chi connectivity index (χ4v) is 1.91. The summed E-state index contributed by atoms with van der Waals surface area (Å²) >= 11 is 0. The van der Waals surface area contributed by atoms with Crippen LogP contribution in [0.25, 0.3) is 0 Å². The van der Waals surface area contributed by atoms with E-state index in [-0.39, 0.29) is 22.8 Å². The summed E-state index contributed by atoms with van der Waals surface area (Å²) in [4.78, 5) is 10.6. The molecule has 6 heteroatoms. The lowest BCUT2D eigenvalue weighted by atomic mass is 10.0. The van der Waals surface area contributed by atoms with E-state index in [1.807, 2.05) is 13.0 Å². The van der Waals surface area contributed by atoms with Crippen molar-refractivity contribution >= 4 is 5.69 Å². The van der Waals surface area contributed by atoms with Crippen LogP contribution < -0.4 is 5.32 Å². The van der Waals surface area contributed by atoms with Crippen molar-refractivity contribution in [3.63, 3.8) is 0 Å². The summed E-state index contributed by atoms with van der Waals surface area (Å²) in [6.07, 6.45) is -0.0390. The third-order valence-corrected chi connectivity index (χ3v) is 3.27. The van der Waals surface area contributed by atoms with E-state index in [0.717, 1.165) is 5.56 Å². The number of nitro groups is 1. The van der Waals surface area contributed by atoms with Crippen molar-refractivity contribution in [2.45, 2.75) is 26.0 Å². The lowest BCUT2D eigenvalue weighted by molar-refractivity contribution is -0.385. The van der Waals surface area contributed by atoms with Gasteiger partial charge in [-0.2, -0.15) is 0 Å². The van der Waals surface area contributed by atoms with E-state index in [4.69, 9.17) is 9.47 Å². The van der Waals surface area contributed by atoms with E-state index >= 15 is 0 Å². The van der Waals surface area contributed by atoms with Gasteiger partial charge < -0.3 is 14.8 Å². The van der Waals surface area contributed by atoms with Gasteiger partial charge in [-0.05, 0) is 19.4 Å². The molecule has 0 spiro atoms. The molecule has 0 aliphatic carbocycles. The Morgan fingerprint density at radius 1 is 1.40 bits per heavy atom. The number of methoxy groups -OCH3 is 2. The minimum Gasteiger partial charge on any atom is -0.382 e. The minimum atomic E-state index is -0.353. The predicted octanol–water partition coefficient (Wildman–Crippen LogP) is 2.22. The molecule has 2 atom stereocenters. The Morgan fingerprint density at radius 3 is 2.65 bits per heavy atom. The van der Waals surface area contributed by atoms with Gasteiger partial charge in [0.05, 0.1) is 17.6 Å². The van der Waals surface area contributed by atoms with E-state index < -0.39 is 0 Å². The molecule has 112 valence electrons. The van der Waals surface area contributed by atoms with Gasteiger partial charge in [0.1, 0.15) is 0 Å². The van der Waals surface area contributed by atoms with Gasteiger partial charge in [-0.25, -0.2) is 0 Å².